The Morgan fingerprint density at radius 1 is 0.727 bits per heavy atom. The van der Waals surface area contributed by atoms with Gasteiger partial charge in [0.2, 0.25) is 29.5 Å². The first-order valence-electron chi connectivity index (χ1n) is 25.5. The number of ether oxygens (including phenoxy) is 4. The molecule has 2 N–H and O–H groups in total. The van der Waals surface area contributed by atoms with Gasteiger partial charge in [-0.2, -0.15) is 0 Å². The Morgan fingerprint density at radius 3 is 1.79 bits per heavy atom. The highest BCUT2D eigenvalue weighted by molar-refractivity contribution is 5.96. The highest BCUT2D eigenvalue weighted by atomic mass is 16.7. The van der Waals surface area contributed by atoms with Crippen LogP contribution in [0, 0.1) is 0 Å². The molecule has 1 aromatic heterocycles. The van der Waals surface area contributed by atoms with Crippen LogP contribution in [0.5, 0.6) is 0 Å². The molecule has 7 rings (SSSR count). The standard InChI is InChI=1S/C57H68N8O12/c1-40-52(70)61(35-50(68)69)27-29-64(40)48(66)33-60-28-30-65(49(67)34-62(36-51(74-5)75-6)53(71)46(38-77-56(2,3)4)59-55(73)76-37-41-19-11-7-12-20-41)47(54(60)72)31-45-32-63(39-58-45)57(42-21-13-8-14-22-42,43-23-15-9-16-24-43)44-25-17-10-18-26-44/h7-26,32,39-40,46-47,51H,27-31,33-38H2,1-6H3,(H,59,73)(H,68,69)/t40-,46-,47-/m0/s1. The van der Waals surface area contributed by atoms with Gasteiger partial charge >= 0.3 is 12.1 Å². The first-order valence-corrected chi connectivity index (χ1v) is 25.5. The summed E-state index contributed by atoms with van der Waals surface area (Å²) in [6.07, 6.45) is 1.49. The summed E-state index contributed by atoms with van der Waals surface area (Å²) in [5, 5.41) is 12.0. The SMILES string of the molecule is COC(CN(CC(=O)N1CCN(CC(=O)N2CCN(CC(=O)O)C(=O)[C@@H]2C)C(=O)[C@@H]1Cc1cn(C(c2ccccc2)(c2ccccc2)c2ccccc2)cn1)C(=O)[C@H](COC(C)(C)C)NC(=O)OCc1ccccc1)OC. The van der Waals surface area contributed by atoms with Crippen molar-refractivity contribution in [2.24, 2.45) is 0 Å². The Morgan fingerprint density at radius 2 is 1.26 bits per heavy atom. The number of piperazine rings is 2. The number of hydrogen-bond donors (Lipinski definition) is 2. The van der Waals surface area contributed by atoms with Gasteiger partial charge in [-0.3, -0.25) is 28.8 Å². The van der Waals surface area contributed by atoms with Gasteiger partial charge in [0.1, 0.15) is 43.4 Å². The van der Waals surface area contributed by atoms with Crippen LogP contribution in [0.15, 0.2) is 134 Å². The number of carboxylic acid groups (broad SMARTS) is 1. The predicted octanol–water partition coefficient (Wildman–Crippen LogP) is 4.01. The zero-order chi connectivity index (χ0) is 55.3. The highest BCUT2D eigenvalue weighted by Crippen LogP contribution is 2.41. The van der Waals surface area contributed by atoms with E-state index in [0.29, 0.717) is 5.69 Å². The lowest BCUT2D eigenvalue weighted by Crippen LogP contribution is -2.64. The van der Waals surface area contributed by atoms with Crippen molar-refractivity contribution in [2.45, 2.75) is 76.3 Å². The van der Waals surface area contributed by atoms with Gasteiger partial charge in [-0.15, -0.1) is 0 Å². The average molecular weight is 1060 g/mol. The minimum absolute atomic E-state index is 0.00500. The summed E-state index contributed by atoms with van der Waals surface area (Å²) >= 11 is 0. The zero-order valence-corrected chi connectivity index (χ0v) is 44.4. The van der Waals surface area contributed by atoms with E-state index in [0.717, 1.165) is 22.3 Å². The van der Waals surface area contributed by atoms with Crippen LogP contribution in [0.3, 0.4) is 0 Å². The smallest absolute Gasteiger partial charge is 0.408 e. The summed E-state index contributed by atoms with van der Waals surface area (Å²) in [7, 11) is 2.75. The molecule has 77 heavy (non-hydrogen) atoms. The van der Waals surface area contributed by atoms with Gasteiger partial charge < -0.3 is 58.4 Å². The van der Waals surface area contributed by atoms with Crippen molar-refractivity contribution in [1.82, 2.24) is 39.4 Å². The van der Waals surface area contributed by atoms with E-state index in [4.69, 9.17) is 23.9 Å². The maximum absolute atomic E-state index is 15.1. The third-order valence-electron chi connectivity index (χ3n) is 13.6. The van der Waals surface area contributed by atoms with Crippen LogP contribution in [-0.4, -0.2) is 184 Å². The molecule has 2 saturated heterocycles. The number of nitrogens with one attached hydrogen (secondary N) is 1. The first-order chi connectivity index (χ1) is 36.9. The number of hydrogen-bond acceptors (Lipinski definition) is 12. The number of carboxylic acids is 1. The molecule has 2 aliphatic heterocycles. The molecule has 2 aliphatic rings. The molecule has 0 saturated carbocycles. The summed E-state index contributed by atoms with van der Waals surface area (Å²) in [5.41, 5.74) is 2.21. The number of methoxy groups -OCH3 is 2. The maximum atomic E-state index is 15.1. The fourth-order valence-electron chi connectivity index (χ4n) is 9.72. The molecular formula is C57H68N8O12. The third-order valence-corrected chi connectivity index (χ3v) is 13.6. The van der Waals surface area contributed by atoms with Gasteiger partial charge in [-0.1, -0.05) is 121 Å². The summed E-state index contributed by atoms with van der Waals surface area (Å²) in [6, 6.07) is 35.2. The average Bonchev–Trinajstić information content (AvgIpc) is 3.95. The molecule has 0 radical (unpaired) electrons. The van der Waals surface area contributed by atoms with Gasteiger partial charge in [0, 0.05) is 53.0 Å². The summed E-state index contributed by atoms with van der Waals surface area (Å²) in [4.78, 5) is 108. The van der Waals surface area contributed by atoms with Crippen LogP contribution in [0.1, 0.15) is 55.6 Å². The van der Waals surface area contributed by atoms with Crippen molar-refractivity contribution in [3.63, 3.8) is 0 Å². The van der Waals surface area contributed by atoms with Crippen molar-refractivity contribution in [3.8, 4) is 0 Å². The number of benzene rings is 4. The van der Waals surface area contributed by atoms with Gasteiger partial charge in [0.25, 0.3) is 0 Å². The lowest BCUT2D eigenvalue weighted by Gasteiger charge is -2.43. The lowest BCUT2D eigenvalue weighted by atomic mass is 9.77. The number of carbonyl (C=O) groups is 7. The fraction of sp³-hybridized carbons (Fsp3) is 0.404. The molecule has 2 fully saturated rings. The number of aromatic nitrogens is 2. The number of alkyl carbamates (subject to hydrolysis) is 1. The van der Waals surface area contributed by atoms with Crippen molar-refractivity contribution >= 4 is 41.6 Å². The molecule has 0 aliphatic carbocycles. The molecule has 4 aromatic carbocycles. The van der Waals surface area contributed by atoms with E-state index < -0.39 is 96.8 Å². The molecule has 408 valence electrons. The van der Waals surface area contributed by atoms with Crippen LogP contribution in [0.2, 0.25) is 0 Å². The minimum atomic E-state index is -1.36. The topological polar surface area (TPSA) is 223 Å². The Hall–Kier alpha value is -7.94. The third kappa shape index (κ3) is 13.9. The second kappa shape index (κ2) is 25.7. The van der Waals surface area contributed by atoms with Crippen molar-refractivity contribution in [2.75, 3.05) is 73.2 Å². The van der Waals surface area contributed by atoms with E-state index in [-0.39, 0.29) is 52.4 Å². The second-order valence-corrected chi connectivity index (χ2v) is 19.9. The van der Waals surface area contributed by atoms with E-state index in [2.05, 4.69) is 5.32 Å². The molecule has 0 bridgehead atoms. The molecule has 6 amide bonds. The summed E-state index contributed by atoms with van der Waals surface area (Å²) < 4.78 is 24.5. The molecule has 0 spiro atoms. The highest BCUT2D eigenvalue weighted by Gasteiger charge is 2.44. The molecule has 20 heteroatoms. The van der Waals surface area contributed by atoms with Crippen molar-refractivity contribution in [1.29, 1.82) is 0 Å². The lowest BCUT2D eigenvalue weighted by molar-refractivity contribution is -0.161. The van der Waals surface area contributed by atoms with Gasteiger partial charge in [-0.25, -0.2) is 9.78 Å². The van der Waals surface area contributed by atoms with Gasteiger partial charge in [-0.05, 0) is 49.9 Å². The Balaban J connectivity index is 1.22. The van der Waals surface area contributed by atoms with Crippen molar-refractivity contribution < 1.29 is 57.6 Å². The first kappa shape index (κ1) is 56.8. The van der Waals surface area contributed by atoms with E-state index in [1.54, 1.807) is 51.4 Å². The van der Waals surface area contributed by atoms with Crippen LogP contribution in [-0.2, 0) is 66.3 Å². The van der Waals surface area contributed by atoms with Gasteiger partial charge in [0.05, 0.1) is 37.3 Å². The van der Waals surface area contributed by atoms with E-state index in [9.17, 15) is 29.1 Å². The molecular weight excluding hydrogens is 989 g/mol. The van der Waals surface area contributed by atoms with Crippen LogP contribution in [0.25, 0.3) is 0 Å². The van der Waals surface area contributed by atoms with E-state index in [1.165, 1.54) is 45.6 Å². The van der Waals surface area contributed by atoms with Gasteiger partial charge in [0.15, 0.2) is 6.29 Å². The largest absolute Gasteiger partial charge is 0.480 e. The normalized spacial score (nSPS) is 16.6. The number of rotatable bonds is 22. The zero-order valence-electron chi connectivity index (χ0n) is 44.4. The minimum Gasteiger partial charge on any atom is -0.480 e. The predicted molar refractivity (Wildman–Crippen MR) is 282 cm³/mol. The molecule has 3 atom stereocenters. The number of imidazole rings is 1. The molecule has 0 unspecified atom stereocenters. The number of carbonyl (C=O) groups excluding carboxylic acids is 6. The Labute approximate surface area is 448 Å². The number of aliphatic carboxylic acids is 1. The van der Waals surface area contributed by atoms with E-state index >= 15 is 9.59 Å². The maximum Gasteiger partial charge on any atom is 0.408 e. The van der Waals surface area contributed by atoms with Crippen LogP contribution >= 0.6 is 0 Å². The quantitative estimate of drug-likeness (QED) is 0.0740. The number of amides is 6. The van der Waals surface area contributed by atoms with Crippen molar-refractivity contribution in [3.05, 3.63) is 162 Å². The van der Waals surface area contributed by atoms with Crippen LogP contribution < -0.4 is 5.32 Å². The Bertz CT molecular complexity index is 2710. The summed E-state index contributed by atoms with van der Waals surface area (Å²) in [5.74, 6) is -4.20. The summed E-state index contributed by atoms with van der Waals surface area (Å²) in [6.45, 7) is 4.54. The monoisotopic (exact) mass is 1060 g/mol. The molecule has 20 nitrogen and oxygen atoms in total. The molecule has 3 heterocycles. The number of nitrogens with zero attached hydrogens (tertiary/aromatic N) is 7. The van der Waals surface area contributed by atoms with Crippen LogP contribution in [0.4, 0.5) is 4.79 Å². The second-order valence-electron chi connectivity index (χ2n) is 19.9. The molecule has 5 aromatic rings. The fourth-order valence-corrected chi connectivity index (χ4v) is 9.72. The van der Waals surface area contributed by atoms with E-state index in [1.807, 2.05) is 108 Å². The Kier molecular flexibility index (Phi) is 19.0.